The summed E-state index contributed by atoms with van der Waals surface area (Å²) < 4.78 is 0. The summed E-state index contributed by atoms with van der Waals surface area (Å²) in [6.07, 6.45) is 10.9. The van der Waals surface area contributed by atoms with Gasteiger partial charge in [-0.2, -0.15) is 11.8 Å². The van der Waals surface area contributed by atoms with Gasteiger partial charge in [-0.25, -0.2) is 0 Å². The molecule has 0 radical (unpaired) electrons. The fourth-order valence-corrected chi connectivity index (χ4v) is 2.67. The Balaban J connectivity index is 3.04. The summed E-state index contributed by atoms with van der Waals surface area (Å²) in [5.74, 6) is 1.21. The maximum atomic E-state index is 9.32. The van der Waals surface area contributed by atoms with Crippen LogP contribution in [0.3, 0.4) is 0 Å². The number of rotatable bonds is 11. The van der Waals surface area contributed by atoms with Gasteiger partial charge in [-0.1, -0.05) is 58.8 Å². The maximum Gasteiger partial charge on any atom is 0.0627 e. The Morgan fingerprint density at radius 3 is 1.88 bits per heavy atom. The standard InChI is InChI=1S/C14H30OS/c1-4-5-6-7-8-9-10-11-12-16-14(3)13(2)15/h13-15H,4-12H2,1-3H3. The number of hydrogen-bond donors (Lipinski definition) is 1. The summed E-state index contributed by atoms with van der Waals surface area (Å²) in [7, 11) is 0. The van der Waals surface area contributed by atoms with Crippen molar-refractivity contribution in [1.29, 1.82) is 0 Å². The summed E-state index contributed by atoms with van der Waals surface area (Å²) in [4.78, 5) is 0. The summed E-state index contributed by atoms with van der Waals surface area (Å²) in [5, 5.41) is 9.72. The van der Waals surface area contributed by atoms with E-state index < -0.39 is 0 Å². The van der Waals surface area contributed by atoms with Gasteiger partial charge in [-0.05, 0) is 19.1 Å². The SMILES string of the molecule is CCCCCCCCCCSC(C)C(C)O. The monoisotopic (exact) mass is 246 g/mol. The van der Waals surface area contributed by atoms with Gasteiger partial charge in [0.1, 0.15) is 0 Å². The number of aliphatic hydroxyl groups is 1. The molecule has 0 rings (SSSR count). The predicted molar refractivity (Wildman–Crippen MR) is 76.2 cm³/mol. The predicted octanol–water partition coefficient (Wildman–Crippen LogP) is 4.63. The molecule has 0 saturated carbocycles. The number of hydrogen-bond acceptors (Lipinski definition) is 2. The molecule has 0 aliphatic heterocycles. The lowest BCUT2D eigenvalue weighted by Gasteiger charge is -2.13. The molecule has 98 valence electrons. The van der Waals surface area contributed by atoms with Gasteiger partial charge in [-0.15, -0.1) is 0 Å². The molecule has 2 atom stereocenters. The first-order valence-corrected chi connectivity index (χ1v) is 8.03. The van der Waals surface area contributed by atoms with Gasteiger partial charge in [0.2, 0.25) is 0 Å². The zero-order valence-corrected chi connectivity index (χ0v) is 12.2. The topological polar surface area (TPSA) is 20.2 Å². The average Bonchev–Trinajstić information content (AvgIpc) is 2.26. The van der Waals surface area contributed by atoms with E-state index in [1.54, 1.807) is 0 Å². The summed E-state index contributed by atoms with van der Waals surface area (Å²) in [6.45, 7) is 6.26. The van der Waals surface area contributed by atoms with E-state index in [4.69, 9.17) is 0 Å². The number of aliphatic hydroxyl groups excluding tert-OH is 1. The first kappa shape index (κ1) is 16.3. The van der Waals surface area contributed by atoms with Crippen LogP contribution < -0.4 is 0 Å². The summed E-state index contributed by atoms with van der Waals surface area (Å²) >= 11 is 1.91. The molecule has 0 saturated heterocycles. The number of thioether (sulfide) groups is 1. The van der Waals surface area contributed by atoms with E-state index in [1.807, 2.05) is 18.7 Å². The fraction of sp³-hybridized carbons (Fsp3) is 1.00. The maximum absolute atomic E-state index is 9.32. The molecule has 16 heavy (non-hydrogen) atoms. The van der Waals surface area contributed by atoms with E-state index in [2.05, 4.69) is 13.8 Å². The van der Waals surface area contributed by atoms with E-state index >= 15 is 0 Å². The smallest absolute Gasteiger partial charge is 0.0627 e. The van der Waals surface area contributed by atoms with Gasteiger partial charge in [0.05, 0.1) is 6.10 Å². The lowest BCUT2D eigenvalue weighted by Crippen LogP contribution is -2.15. The van der Waals surface area contributed by atoms with Crippen molar-refractivity contribution < 1.29 is 5.11 Å². The molecule has 0 aliphatic rings. The molecule has 0 spiro atoms. The van der Waals surface area contributed by atoms with Crippen molar-refractivity contribution in [3.8, 4) is 0 Å². The van der Waals surface area contributed by atoms with Crippen LogP contribution in [-0.2, 0) is 0 Å². The van der Waals surface area contributed by atoms with Crippen molar-refractivity contribution >= 4 is 11.8 Å². The molecule has 2 heteroatoms. The van der Waals surface area contributed by atoms with Crippen LogP contribution in [0, 0.1) is 0 Å². The Kier molecular flexibility index (Phi) is 12.0. The van der Waals surface area contributed by atoms with Crippen molar-refractivity contribution in [1.82, 2.24) is 0 Å². The minimum atomic E-state index is -0.168. The van der Waals surface area contributed by atoms with Crippen molar-refractivity contribution in [3.05, 3.63) is 0 Å². The molecular weight excluding hydrogens is 216 g/mol. The lowest BCUT2D eigenvalue weighted by atomic mass is 10.1. The van der Waals surface area contributed by atoms with Gasteiger partial charge < -0.3 is 5.11 Å². The molecule has 0 fully saturated rings. The summed E-state index contributed by atoms with van der Waals surface area (Å²) in [6, 6.07) is 0. The quantitative estimate of drug-likeness (QED) is 0.536. The molecule has 0 aromatic heterocycles. The lowest BCUT2D eigenvalue weighted by molar-refractivity contribution is 0.196. The van der Waals surface area contributed by atoms with Crippen LogP contribution >= 0.6 is 11.8 Å². The molecule has 0 heterocycles. The van der Waals surface area contributed by atoms with Crippen LogP contribution in [0.2, 0.25) is 0 Å². The third kappa shape index (κ3) is 10.8. The van der Waals surface area contributed by atoms with Crippen LogP contribution in [0.15, 0.2) is 0 Å². The van der Waals surface area contributed by atoms with Crippen molar-refractivity contribution in [2.24, 2.45) is 0 Å². The highest BCUT2D eigenvalue weighted by atomic mass is 32.2. The Labute approximate surface area is 106 Å². The Morgan fingerprint density at radius 2 is 1.38 bits per heavy atom. The van der Waals surface area contributed by atoms with Crippen LogP contribution in [0.4, 0.5) is 0 Å². The highest BCUT2D eigenvalue weighted by Gasteiger charge is 2.07. The Morgan fingerprint density at radius 1 is 0.875 bits per heavy atom. The van der Waals surface area contributed by atoms with Crippen molar-refractivity contribution in [2.45, 2.75) is 83.5 Å². The van der Waals surface area contributed by atoms with E-state index in [0.29, 0.717) is 5.25 Å². The second kappa shape index (κ2) is 11.8. The highest BCUT2D eigenvalue weighted by Crippen LogP contribution is 2.17. The molecule has 1 N–H and O–H groups in total. The zero-order valence-electron chi connectivity index (χ0n) is 11.4. The van der Waals surface area contributed by atoms with Gasteiger partial charge in [0.25, 0.3) is 0 Å². The zero-order chi connectivity index (χ0) is 12.2. The van der Waals surface area contributed by atoms with E-state index in [-0.39, 0.29) is 6.10 Å². The van der Waals surface area contributed by atoms with Gasteiger partial charge in [-0.3, -0.25) is 0 Å². The van der Waals surface area contributed by atoms with Crippen molar-refractivity contribution in [2.75, 3.05) is 5.75 Å². The Hall–Kier alpha value is 0.310. The number of unbranched alkanes of at least 4 members (excludes halogenated alkanes) is 7. The molecule has 2 unspecified atom stereocenters. The first-order chi connectivity index (χ1) is 7.68. The molecule has 0 aromatic rings. The van der Waals surface area contributed by atoms with Crippen LogP contribution in [-0.4, -0.2) is 22.2 Å². The minimum absolute atomic E-state index is 0.168. The van der Waals surface area contributed by atoms with E-state index in [0.717, 1.165) is 0 Å². The Bertz CT molecular complexity index is 137. The highest BCUT2D eigenvalue weighted by molar-refractivity contribution is 7.99. The van der Waals surface area contributed by atoms with Gasteiger partial charge >= 0.3 is 0 Å². The normalized spacial score (nSPS) is 15.0. The third-order valence-electron chi connectivity index (χ3n) is 3.06. The molecular formula is C14H30OS. The minimum Gasteiger partial charge on any atom is -0.392 e. The second-order valence-corrected chi connectivity index (χ2v) is 6.28. The molecule has 0 aromatic carbocycles. The summed E-state index contributed by atoms with van der Waals surface area (Å²) in [5.41, 5.74) is 0. The van der Waals surface area contributed by atoms with Crippen molar-refractivity contribution in [3.63, 3.8) is 0 Å². The van der Waals surface area contributed by atoms with Gasteiger partial charge in [0, 0.05) is 5.25 Å². The van der Waals surface area contributed by atoms with E-state index in [9.17, 15) is 5.11 Å². The van der Waals surface area contributed by atoms with E-state index in [1.165, 1.54) is 57.1 Å². The van der Waals surface area contributed by atoms with Crippen LogP contribution in [0.1, 0.15) is 72.1 Å². The average molecular weight is 246 g/mol. The fourth-order valence-electron chi connectivity index (χ4n) is 1.64. The molecule has 0 aliphatic carbocycles. The second-order valence-electron chi connectivity index (χ2n) is 4.79. The third-order valence-corrected chi connectivity index (χ3v) is 4.50. The first-order valence-electron chi connectivity index (χ1n) is 6.98. The van der Waals surface area contributed by atoms with Crippen LogP contribution in [0.25, 0.3) is 0 Å². The molecule has 1 nitrogen and oxygen atoms in total. The molecule has 0 bridgehead atoms. The van der Waals surface area contributed by atoms with Crippen LogP contribution in [0.5, 0.6) is 0 Å². The molecule has 0 amide bonds. The van der Waals surface area contributed by atoms with Gasteiger partial charge in [0.15, 0.2) is 0 Å². The largest absolute Gasteiger partial charge is 0.392 e.